The average Bonchev–Trinajstić information content (AvgIpc) is 2.73. The lowest BCUT2D eigenvalue weighted by Gasteiger charge is -2.18. The zero-order valence-corrected chi connectivity index (χ0v) is 15.9. The zero-order chi connectivity index (χ0) is 19.7. The monoisotopic (exact) mass is 369 g/mol. The maximum absolute atomic E-state index is 13.3. The van der Waals surface area contributed by atoms with Crippen LogP contribution in [-0.2, 0) is 6.42 Å². The normalized spacial score (nSPS) is 13.5. The van der Waals surface area contributed by atoms with Gasteiger partial charge in [0.15, 0.2) is 18.1 Å². The number of allylic oxidation sites excluding steroid dienone is 2. The molecule has 4 heteroatoms. The van der Waals surface area contributed by atoms with Crippen LogP contribution in [0.2, 0.25) is 0 Å². The third-order valence-electron chi connectivity index (χ3n) is 4.98. The standard InChI is InChI=1S/C24H20N2O2/c1-3-17-8-10-18(11-9-17)25-21-22(26-14-12-16(2)13-15-26)24(28)20-7-5-4-6-19(20)23(21)27/h4-15H,3H2,1-2H3/p+1. The summed E-state index contributed by atoms with van der Waals surface area (Å²) < 4.78 is 1.71. The summed E-state index contributed by atoms with van der Waals surface area (Å²) in [5, 5.41) is 3.20. The summed E-state index contributed by atoms with van der Waals surface area (Å²) in [6.07, 6.45) is 4.56. The third-order valence-corrected chi connectivity index (χ3v) is 4.98. The topological polar surface area (TPSA) is 50.1 Å². The van der Waals surface area contributed by atoms with E-state index in [-0.39, 0.29) is 11.6 Å². The summed E-state index contributed by atoms with van der Waals surface area (Å²) in [7, 11) is 0. The lowest BCUT2D eigenvalue weighted by molar-refractivity contribution is -0.577. The SMILES string of the molecule is CCc1ccc(NC2=C([n+]3ccc(C)cc3)C(=O)c3ccccc3C2=O)cc1. The molecule has 0 atom stereocenters. The molecule has 0 fully saturated rings. The van der Waals surface area contributed by atoms with Crippen LogP contribution in [0.3, 0.4) is 0 Å². The molecule has 2 aromatic carbocycles. The number of aromatic nitrogens is 1. The van der Waals surface area contributed by atoms with Crippen LogP contribution in [0.1, 0.15) is 38.8 Å². The number of Topliss-reactive ketones (excluding diaryl/α,β-unsaturated/α-hetero) is 2. The summed E-state index contributed by atoms with van der Waals surface area (Å²) in [4.78, 5) is 26.5. The van der Waals surface area contributed by atoms with Gasteiger partial charge in [0, 0.05) is 28.9 Å². The van der Waals surface area contributed by atoms with Crippen LogP contribution in [0, 0.1) is 6.92 Å². The van der Waals surface area contributed by atoms with E-state index in [9.17, 15) is 9.59 Å². The molecule has 1 aliphatic carbocycles. The third kappa shape index (κ3) is 3.14. The first-order chi connectivity index (χ1) is 13.6. The number of ketones is 2. The van der Waals surface area contributed by atoms with Crippen molar-refractivity contribution in [1.29, 1.82) is 0 Å². The number of carbonyl (C=O) groups excluding carboxylic acids is 2. The Morgan fingerprint density at radius 3 is 2.04 bits per heavy atom. The van der Waals surface area contributed by atoms with Crippen molar-refractivity contribution >= 4 is 23.0 Å². The molecule has 28 heavy (non-hydrogen) atoms. The van der Waals surface area contributed by atoms with Gasteiger partial charge < -0.3 is 5.32 Å². The zero-order valence-electron chi connectivity index (χ0n) is 15.9. The summed E-state index contributed by atoms with van der Waals surface area (Å²) in [6.45, 7) is 4.08. The highest BCUT2D eigenvalue weighted by Gasteiger charge is 2.38. The lowest BCUT2D eigenvalue weighted by Crippen LogP contribution is -2.42. The maximum atomic E-state index is 13.3. The van der Waals surface area contributed by atoms with E-state index in [1.54, 1.807) is 28.8 Å². The molecule has 0 aliphatic heterocycles. The summed E-state index contributed by atoms with van der Waals surface area (Å²) in [5.41, 5.74) is 4.56. The molecule has 4 nitrogen and oxygen atoms in total. The van der Waals surface area contributed by atoms with E-state index in [2.05, 4.69) is 12.2 Å². The number of rotatable bonds is 4. The van der Waals surface area contributed by atoms with E-state index >= 15 is 0 Å². The van der Waals surface area contributed by atoms with Gasteiger partial charge >= 0.3 is 0 Å². The van der Waals surface area contributed by atoms with Crippen molar-refractivity contribution in [1.82, 2.24) is 0 Å². The van der Waals surface area contributed by atoms with Gasteiger partial charge in [0.2, 0.25) is 5.78 Å². The first-order valence-electron chi connectivity index (χ1n) is 9.35. The van der Waals surface area contributed by atoms with Gasteiger partial charge in [0.25, 0.3) is 11.5 Å². The molecule has 0 amide bonds. The Hall–Kier alpha value is -3.53. The van der Waals surface area contributed by atoms with Crippen molar-refractivity contribution < 1.29 is 14.2 Å². The van der Waals surface area contributed by atoms with Gasteiger partial charge in [-0.2, -0.15) is 4.57 Å². The highest BCUT2D eigenvalue weighted by Crippen LogP contribution is 2.27. The predicted octanol–water partition coefficient (Wildman–Crippen LogP) is 4.20. The van der Waals surface area contributed by atoms with Gasteiger partial charge in [-0.25, -0.2) is 0 Å². The number of hydrogen-bond acceptors (Lipinski definition) is 3. The second-order valence-corrected chi connectivity index (χ2v) is 6.89. The Morgan fingerprint density at radius 1 is 0.821 bits per heavy atom. The smallest absolute Gasteiger partial charge is 0.286 e. The van der Waals surface area contributed by atoms with Gasteiger partial charge in [-0.15, -0.1) is 0 Å². The minimum absolute atomic E-state index is 0.170. The molecule has 1 aliphatic rings. The molecule has 3 aromatic rings. The summed E-state index contributed by atoms with van der Waals surface area (Å²) in [6, 6.07) is 18.7. The Balaban J connectivity index is 1.86. The number of nitrogens with zero attached hydrogens (tertiary/aromatic N) is 1. The van der Waals surface area contributed by atoms with E-state index in [0.29, 0.717) is 22.5 Å². The molecule has 0 saturated heterocycles. The van der Waals surface area contributed by atoms with Crippen LogP contribution in [0.5, 0.6) is 0 Å². The Bertz CT molecular complexity index is 1090. The summed E-state index contributed by atoms with van der Waals surface area (Å²) in [5.74, 6) is -0.352. The second-order valence-electron chi connectivity index (χ2n) is 6.89. The van der Waals surface area contributed by atoms with Crippen molar-refractivity contribution in [3.05, 3.63) is 101 Å². The highest BCUT2D eigenvalue weighted by molar-refractivity contribution is 6.36. The molecule has 0 unspecified atom stereocenters. The summed E-state index contributed by atoms with van der Waals surface area (Å²) >= 11 is 0. The van der Waals surface area contributed by atoms with E-state index < -0.39 is 0 Å². The molecule has 4 rings (SSSR count). The molecule has 138 valence electrons. The molecular weight excluding hydrogens is 348 g/mol. The van der Waals surface area contributed by atoms with E-state index in [1.165, 1.54) is 5.56 Å². The number of hydrogen-bond donors (Lipinski definition) is 1. The molecule has 0 spiro atoms. The Labute approximate surface area is 164 Å². The molecule has 1 aromatic heterocycles. The number of carbonyl (C=O) groups is 2. The van der Waals surface area contributed by atoms with Crippen molar-refractivity contribution in [3.8, 4) is 0 Å². The van der Waals surface area contributed by atoms with Crippen molar-refractivity contribution in [2.45, 2.75) is 20.3 Å². The van der Waals surface area contributed by atoms with Gasteiger partial charge in [-0.3, -0.25) is 9.59 Å². The predicted molar refractivity (Wildman–Crippen MR) is 109 cm³/mol. The molecular formula is C24H21N2O2+. The number of aryl methyl sites for hydroxylation is 2. The van der Waals surface area contributed by atoms with Gasteiger partial charge in [0.1, 0.15) is 0 Å². The minimum atomic E-state index is -0.183. The van der Waals surface area contributed by atoms with Gasteiger partial charge in [-0.1, -0.05) is 43.3 Å². The average molecular weight is 369 g/mol. The second kappa shape index (κ2) is 7.24. The van der Waals surface area contributed by atoms with Crippen molar-refractivity contribution in [2.24, 2.45) is 0 Å². The Kier molecular flexibility index (Phi) is 4.62. The molecule has 0 radical (unpaired) electrons. The van der Waals surface area contributed by atoms with Crippen LogP contribution < -0.4 is 9.88 Å². The largest absolute Gasteiger partial charge is 0.347 e. The first kappa shape index (κ1) is 17.9. The number of nitrogens with one attached hydrogen (secondary N) is 1. The van der Waals surface area contributed by atoms with E-state index in [0.717, 1.165) is 17.7 Å². The molecule has 0 bridgehead atoms. The number of benzene rings is 2. The number of fused-ring (bicyclic) bond motifs is 1. The fourth-order valence-electron chi connectivity index (χ4n) is 3.34. The fraction of sp³-hybridized carbons (Fsp3) is 0.125. The molecule has 1 heterocycles. The lowest BCUT2D eigenvalue weighted by atomic mass is 9.90. The van der Waals surface area contributed by atoms with Crippen molar-refractivity contribution in [3.63, 3.8) is 0 Å². The van der Waals surface area contributed by atoms with Crippen molar-refractivity contribution in [2.75, 3.05) is 5.32 Å². The first-order valence-corrected chi connectivity index (χ1v) is 9.35. The number of pyridine rings is 1. The Morgan fingerprint density at radius 2 is 1.43 bits per heavy atom. The highest BCUT2D eigenvalue weighted by atomic mass is 16.1. The van der Waals surface area contributed by atoms with Crippen LogP contribution in [0.25, 0.3) is 5.70 Å². The number of anilines is 1. The van der Waals surface area contributed by atoms with E-state index in [1.807, 2.05) is 55.7 Å². The molecule has 0 saturated carbocycles. The van der Waals surface area contributed by atoms with Gasteiger partial charge in [0.05, 0.1) is 0 Å². The van der Waals surface area contributed by atoms with Crippen LogP contribution in [-0.4, -0.2) is 11.6 Å². The molecule has 1 N–H and O–H groups in total. The minimum Gasteiger partial charge on any atom is -0.347 e. The van der Waals surface area contributed by atoms with Gasteiger partial charge in [-0.05, 0) is 36.6 Å². The van der Waals surface area contributed by atoms with Crippen LogP contribution >= 0.6 is 0 Å². The maximum Gasteiger partial charge on any atom is 0.286 e. The fourth-order valence-corrected chi connectivity index (χ4v) is 3.34. The van der Waals surface area contributed by atoms with Crippen LogP contribution in [0.4, 0.5) is 5.69 Å². The van der Waals surface area contributed by atoms with Crippen LogP contribution in [0.15, 0.2) is 78.8 Å². The van der Waals surface area contributed by atoms with E-state index in [4.69, 9.17) is 0 Å². The quantitative estimate of drug-likeness (QED) is 0.701.